The van der Waals surface area contributed by atoms with Crippen LogP contribution < -0.4 is 4.90 Å². The Balaban J connectivity index is 3.12. The van der Waals surface area contributed by atoms with Crippen molar-refractivity contribution < 1.29 is 9.50 Å². The standard InChI is InChI=1S/C13H22FN3O/c1-4-10(5-2)17(7-8-18)13-12(14)11(6-3)15-9-16-13/h9-10,18H,4-8H2,1-3H3. The maximum absolute atomic E-state index is 14.2. The zero-order chi connectivity index (χ0) is 13.5. The second kappa shape index (κ2) is 7.26. The quantitative estimate of drug-likeness (QED) is 0.811. The van der Waals surface area contributed by atoms with Crippen LogP contribution in [-0.4, -0.2) is 34.3 Å². The molecule has 1 aromatic rings. The van der Waals surface area contributed by atoms with Gasteiger partial charge in [-0.15, -0.1) is 0 Å². The molecule has 0 bridgehead atoms. The number of aliphatic hydroxyl groups is 1. The highest BCUT2D eigenvalue weighted by Gasteiger charge is 2.21. The Morgan fingerprint density at radius 1 is 1.28 bits per heavy atom. The number of nitrogens with zero attached hydrogens (tertiary/aromatic N) is 3. The van der Waals surface area contributed by atoms with Crippen LogP contribution >= 0.6 is 0 Å². The van der Waals surface area contributed by atoms with Crippen molar-refractivity contribution in [3.63, 3.8) is 0 Å². The lowest BCUT2D eigenvalue weighted by Crippen LogP contribution is -2.38. The molecule has 0 saturated carbocycles. The maximum atomic E-state index is 14.2. The molecule has 0 saturated heterocycles. The lowest BCUT2D eigenvalue weighted by molar-refractivity contribution is 0.294. The van der Waals surface area contributed by atoms with Gasteiger partial charge in [-0.05, 0) is 19.3 Å². The fraction of sp³-hybridized carbons (Fsp3) is 0.692. The molecule has 1 heterocycles. The van der Waals surface area contributed by atoms with Gasteiger partial charge in [0.05, 0.1) is 12.3 Å². The lowest BCUT2D eigenvalue weighted by atomic mass is 10.1. The highest BCUT2D eigenvalue weighted by molar-refractivity contribution is 5.42. The Morgan fingerprint density at radius 2 is 1.94 bits per heavy atom. The SMILES string of the molecule is CCc1ncnc(N(CCO)C(CC)CC)c1F. The molecule has 1 N–H and O–H groups in total. The van der Waals surface area contributed by atoms with Gasteiger partial charge in [-0.3, -0.25) is 0 Å². The molecular formula is C13H22FN3O. The highest BCUT2D eigenvalue weighted by Crippen LogP contribution is 2.22. The van der Waals surface area contributed by atoms with Gasteiger partial charge < -0.3 is 10.0 Å². The first-order valence-corrected chi connectivity index (χ1v) is 6.56. The number of hydrogen-bond acceptors (Lipinski definition) is 4. The van der Waals surface area contributed by atoms with Crippen LogP contribution in [0.4, 0.5) is 10.2 Å². The number of anilines is 1. The number of rotatable bonds is 7. The van der Waals surface area contributed by atoms with E-state index in [1.807, 2.05) is 11.8 Å². The molecule has 102 valence electrons. The molecule has 0 spiro atoms. The van der Waals surface area contributed by atoms with E-state index in [0.717, 1.165) is 12.8 Å². The van der Waals surface area contributed by atoms with Crippen molar-refractivity contribution in [1.29, 1.82) is 0 Å². The summed E-state index contributed by atoms with van der Waals surface area (Å²) >= 11 is 0. The summed E-state index contributed by atoms with van der Waals surface area (Å²) in [5.41, 5.74) is 0.425. The molecule has 1 aromatic heterocycles. The van der Waals surface area contributed by atoms with E-state index < -0.39 is 0 Å². The van der Waals surface area contributed by atoms with Crippen molar-refractivity contribution in [1.82, 2.24) is 9.97 Å². The van der Waals surface area contributed by atoms with Gasteiger partial charge in [0, 0.05) is 12.6 Å². The van der Waals surface area contributed by atoms with Crippen molar-refractivity contribution in [2.24, 2.45) is 0 Å². The largest absolute Gasteiger partial charge is 0.395 e. The molecule has 0 aromatic carbocycles. The van der Waals surface area contributed by atoms with E-state index in [0.29, 0.717) is 24.5 Å². The third-order valence-electron chi connectivity index (χ3n) is 3.17. The van der Waals surface area contributed by atoms with E-state index in [1.54, 1.807) is 0 Å². The smallest absolute Gasteiger partial charge is 0.187 e. The minimum absolute atomic E-state index is 0.0125. The summed E-state index contributed by atoms with van der Waals surface area (Å²) in [6.45, 7) is 6.35. The average molecular weight is 255 g/mol. The van der Waals surface area contributed by atoms with E-state index in [9.17, 15) is 4.39 Å². The third-order valence-corrected chi connectivity index (χ3v) is 3.17. The fourth-order valence-corrected chi connectivity index (χ4v) is 2.14. The summed E-state index contributed by atoms with van der Waals surface area (Å²) < 4.78 is 14.2. The number of aryl methyl sites for hydroxylation is 1. The van der Waals surface area contributed by atoms with Gasteiger partial charge in [0.2, 0.25) is 0 Å². The first-order chi connectivity index (χ1) is 8.69. The van der Waals surface area contributed by atoms with Crippen LogP contribution in [0.2, 0.25) is 0 Å². The molecule has 5 heteroatoms. The highest BCUT2D eigenvalue weighted by atomic mass is 19.1. The Bertz CT molecular complexity index is 369. The molecule has 0 aliphatic heterocycles. The van der Waals surface area contributed by atoms with Crippen molar-refractivity contribution in [2.75, 3.05) is 18.1 Å². The Kier molecular flexibility index (Phi) is 5.98. The van der Waals surface area contributed by atoms with Crippen LogP contribution in [-0.2, 0) is 6.42 Å². The van der Waals surface area contributed by atoms with Crippen LogP contribution in [0, 0.1) is 5.82 Å². The number of halogens is 1. The van der Waals surface area contributed by atoms with Crippen molar-refractivity contribution in [3.05, 3.63) is 17.8 Å². The average Bonchev–Trinajstić information content (AvgIpc) is 2.39. The summed E-state index contributed by atoms with van der Waals surface area (Å²) in [4.78, 5) is 9.83. The molecule has 0 atom stereocenters. The van der Waals surface area contributed by atoms with Gasteiger partial charge in [0.15, 0.2) is 11.6 Å². The monoisotopic (exact) mass is 255 g/mol. The molecule has 0 aliphatic carbocycles. The molecule has 0 unspecified atom stereocenters. The Labute approximate surface area is 108 Å². The second-order valence-corrected chi connectivity index (χ2v) is 4.20. The van der Waals surface area contributed by atoms with Crippen molar-refractivity contribution in [2.45, 2.75) is 46.1 Å². The Hall–Kier alpha value is -1.23. The van der Waals surface area contributed by atoms with Crippen LogP contribution in [0.1, 0.15) is 39.3 Å². The number of aromatic nitrogens is 2. The zero-order valence-electron chi connectivity index (χ0n) is 11.4. The molecule has 18 heavy (non-hydrogen) atoms. The molecule has 0 amide bonds. The molecule has 0 fully saturated rings. The van der Waals surface area contributed by atoms with Crippen LogP contribution in [0.5, 0.6) is 0 Å². The van der Waals surface area contributed by atoms with Crippen molar-refractivity contribution >= 4 is 5.82 Å². The van der Waals surface area contributed by atoms with Gasteiger partial charge in [0.25, 0.3) is 0 Å². The topological polar surface area (TPSA) is 49.2 Å². The van der Waals surface area contributed by atoms with Crippen LogP contribution in [0.15, 0.2) is 6.33 Å². The molecule has 1 rings (SSSR count). The maximum Gasteiger partial charge on any atom is 0.187 e. The number of hydrogen-bond donors (Lipinski definition) is 1. The molecule has 0 aliphatic rings. The fourth-order valence-electron chi connectivity index (χ4n) is 2.14. The van der Waals surface area contributed by atoms with E-state index in [2.05, 4.69) is 23.8 Å². The summed E-state index contributed by atoms with van der Waals surface area (Å²) in [5, 5.41) is 9.15. The summed E-state index contributed by atoms with van der Waals surface area (Å²) in [7, 11) is 0. The Morgan fingerprint density at radius 3 is 2.44 bits per heavy atom. The van der Waals surface area contributed by atoms with Crippen molar-refractivity contribution in [3.8, 4) is 0 Å². The van der Waals surface area contributed by atoms with Gasteiger partial charge in [-0.1, -0.05) is 20.8 Å². The summed E-state index contributed by atoms with van der Waals surface area (Å²) in [5.74, 6) is -0.0510. The second-order valence-electron chi connectivity index (χ2n) is 4.20. The minimum Gasteiger partial charge on any atom is -0.395 e. The van der Waals surface area contributed by atoms with Crippen LogP contribution in [0.3, 0.4) is 0 Å². The molecule has 0 radical (unpaired) electrons. The first-order valence-electron chi connectivity index (χ1n) is 6.56. The predicted octanol–water partition coefficient (Wildman–Crippen LogP) is 2.17. The number of aliphatic hydroxyl groups excluding tert-OH is 1. The van der Waals surface area contributed by atoms with Gasteiger partial charge in [0.1, 0.15) is 6.33 Å². The summed E-state index contributed by atoms with van der Waals surface area (Å²) in [6.07, 6.45) is 3.71. The van der Waals surface area contributed by atoms with Crippen LogP contribution in [0.25, 0.3) is 0 Å². The van der Waals surface area contributed by atoms with Gasteiger partial charge >= 0.3 is 0 Å². The van der Waals surface area contributed by atoms with E-state index in [1.165, 1.54) is 6.33 Å². The normalized spacial score (nSPS) is 11.0. The molecular weight excluding hydrogens is 233 g/mol. The van der Waals surface area contributed by atoms with Gasteiger partial charge in [-0.2, -0.15) is 0 Å². The first kappa shape index (κ1) is 14.8. The predicted molar refractivity (Wildman–Crippen MR) is 70.2 cm³/mol. The van der Waals surface area contributed by atoms with E-state index in [4.69, 9.17) is 5.11 Å². The van der Waals surface area contributed by atoms with Gasteiger partial charge in [-0.25, -0.2) is 14.4 Å². The van der Waals surface area contributed by atoms with E-state index >= 15 is 0 Å². The zero-order valence-corrected chi connectivity index (χ0v) is 11.4. The lowest BCUT2D eigenvalue weighted by Gasteiger charge is -2.31. The van der Waals surface area contributed by atoms with E-state index in [-0.39, 0.29) is 18.5 Å². The minimum atomic E-state index is -0.361. The molecule has 4 nitrogen and oxygen atoms in total. The summed E-state index contributed by atoms with van der Waals surface area (Å²) in [6, 6.07) is 0.186. The third kappa shape index (κ3) is 3.16.